The summed E-state index contributed by atoms with van der Waals surface area (Å²) in [7, 11) is 0. The summed E-state index contributed by atoms with van der Waals surface area (Å²) in [5.41, 5.74) is 14.9. The zero-order valence-electron chi connectivity index (χ0n) is 31.2. The Morgan fingerprint density at radius 1 is 0.328 bits per heavy atom. The van der Waals surface area contributed by atoms with Crippen molar-refractivity contribution in [2.24, 2.45) is 0 Å². The Balaban J connectivity index is 1.14. The molecule has 0 fully saturated rings. The number of rotatable bonds is 4. The van der Waals surface area contributed by atoms with Crippen molar-refractivity contribution in [3.8, 4) is 33.6 Å². The molecule has 13 rings (SSSR count). The summed E-state index contributed by atoms with van der Waals surface area (Å²) in [6.45, 7) is 0. The zero-order chi connectivity index (χ0) is 37.9. The van der Waals surface area contributed by atoms with E-state index in [-0.39, 0.29) is 0 Å². The maximum atomic E-state index is 6.73. The van der Waals surface area contributed by atoms with Gasteiger partial charge in [-0.05, 0) is 77.4 Å². The Morgan fingerprint density at radius 2 is 0.948 bits per heavy atom. The molecular formula is C54H32N2O2. The predicted molar refractivity (Wildman–Crippen MR) is 241 cm³/mol. The molecule has 0 radical (unpaired) electrons. The van der Waals surface area contributed by atoms with Crippen LogP contribution in [0.25, 0.3) is 121 Å². The topological polar surface area (TPSA) is 36.1 Å². The second-order valence-electron chi connectivity index (χ2n) is 15.2. The highest BCUT2D eigenvalue weighted by Crippen LogP contribution is 2.46. The number of para-hydroxylation sites is 5. The van der Waals surface area contributed by atoms with Crippen molar-refractivity contribution in [1.82, 2.24) is 9.13 Å². The SMILES string of the molecule is c1ccc(-c2ccc3c4ccccc4n(-c4cccc5c4oc4ccccc45)c3c2-c2ccc3c(c2)c2ccccc2n3-c2ccc3oc4ccccc4c3c2)cc1. The largest absolute Gasteiger partial charge is 0.456 e. The minimum Gasteiger partial charge on any atom is -0.456 e. The first-order valence-electron chi connectivity index (χ1n) is 19.8. The third-order valence-electron chi connectivity index (χ3n) is 12.1. The molecular weight excluding hydrogens is 709 g/mol. The molecule has 0 N–H and O–H groups in total. The minimum atomic E-state index is 0.878. The summed E-state index contributed by atoms with van der Waals surface area (Å²) in [6.07, 6.45) is 0. The van der Waals surface area contributed by atoms with Crippen molar-refractivity contribution in [3.63, 3.8) is 0 Å². The van der Waals surface area contributed by atoms with E-state index in [1.54, 1.807) is 0 Å². The fourth-order valence-corrected chi connectivity index (χ4v) is 9.63. The number of nitrogens with zero attached hydrogens (tertiary/aromatic N) is 2. The highest BCUT2D eigenvalue weighted by molar-refractivity contribution is 6.19. The van der Waals surface area contributed by atoms with Gasteiger partial charge in [0.25, 0.3) is 0 Å². The molecule has 58 heavy (non-hydrogen) atoms. The number of fused-ring (bicyclic) bond motifs is 12. The van der Waals surface area contributed by atoms with Crippen molar-refractivity contribution >= 4 is 87.5 Å². The fourth-order valence-electron chi connectivity index (χ4n) is 9.63. The van der Waals surface area contributed by atoms with Crippen molar-refractivity contribution in [2.75, 3.05) is 0 Å². The highest BCUT2D eigenvalue weighted by Gasteiger charge is 2.24. The van der Waals surface area contributed by atoms with Gasteiger partial charge in [0.15, 0.2) is 5.58 Å². The van der Waals surface area contributed by atoms with Crippen molar-refractivity contribution < 1.29 is 8.83 Å². The molecule has 4 nitrogen and oxygen atoms in total. The number of hydrogen-bond donors (Lipinski definition) is 0. The number of aromatic nitrogens is 2. The van der Waals surface area contributed by atoms with E-state index in [1.807, 2.05) is 18.2 Å². The molecule has 0 aliphatic carbocycles. The van der Waals surface area contributed by atoms with Crippen molar-refractivity contribution in [3.05, 3.63) is 194 Å². The van der Waals surface area contributed by atoms with Crippen LogP contribution >= 0.6 is 0 Å². The molecule has 0 unspecified atom stereocenters. The van der Waals surface area contributed by atoms with Crippen LogP contribution in [0, 0.1) is 0 Å². The van der Waals surface area contributed by atoms with Crippen molar-refractivity contribution in [1.29, 1.82) is 0 Å². The fraction of sp³-hybridized carbons (Fsp3) is 0. The van der Waals surface area contributed by atoms with Gasteiger partial charge in [0.05, 0.1) is 27.8 Å². The van der Waals surface area contributed by atoms with Gasteiger partial charge in [0, 0.05) is 54.3 Å². The van der Waals surface area contributed by atoms with E-state index in [1.165, 1.54) is 38.2 Å². The van der Waals surface area contributed by atoms with Gasteiger partial charge in [-0.25, -0.2) is 0 Å². The number of benzene rings is 9. The summed E-state index contributed by atoms with van der Waals surface area (Å²) in [4.78, 5) is 0. The molecule has 0 aliphatic heterocycles. The molecule has 9 aromatic carbocycles. The van der Waals surface area contributed by atoms with E-state index in [2.05, 4.69) is 185 Å². The van der Waals surface area contributed by atoms with Crippen LogP contribution in [0.5, 0.6) is 0 Å². The molecule has 0 saturated heterocycles. The van der Waals surface area contributed by atoms with E-state index in [9.17, 15) is 0 Å². The van der Waals surface area contributed by atoms with Crippen LogP contribution in [0.4, 0.5) is 0 Å². The van der Waals surface area contributed by atoms with E-state index in [0.29, 0.717) is 0 Å². The Labute approximate surface area is 332 Å². The van der Waals surface area contributed by atoms with Crippen LogP contribution in [0.15, 0.2) is 203 Å². The number of furan rings is 2. The predicted octanol–water partition coefficient (Wildman–Crippen LogP) is 15.0. The minimum absolute atomic E-state index is 0.878. The Kier molecular flexibility index (Phi) is 6.41. The normalized spacial score (nSPS) is 12.1. The molecule has 0 saturated carbocycles. The average molecular weight is 741 g/mol. The van der Waals surface area contributed by atoms with E-state index in [4.69, 9.17) is 8.83 Å². The summed E-state index contributed by atoms with van der Waals surface area (Å²) >= 11 is 0. The van der Waals surface area contributed by atoms with Gasteiger partial charge in [0.1, 0.15) is 16.7 Å². The molecule has 4 heteroatoms. The van der Waals surface area contributed by atoms with Crippen LogP contribution in [0.2, 0.25) is 0 Å². The standard InChI is InChI=1S/C54H32N2O2/c1-2-13-33(14-3-1)36-27-28-41-37-15-4-9-21-46(37)56(48-22-12-19-42-39-17-6-11-24-50(39)58-54(42)48)53(41)52(36)34-25-29-47-43(31-34)38-16-5-8-20-45(38)55(47)35-26-30-51-44(32-35)40-18-7-10-23-49(40)57-51/h1-32H. The van der Waals surface area contributed by atoms with Gasteiger partial charge >= 0.3 is 0 Å². The molecule has 0 bridgehead atoms. The smallest absolute Gasteiger partial charge is 0.159 e. The van der Waals surface area contributed by atoms with E-state index >= 15 is 0 Å². The van der Waals surface area contributed by atoms with Gasteiger partial charge in [-0.15, -0.1) is 0 Å². The van der Waals surface area contributed by atoms with Gasteiger partial charge in [-0.2, -0.15) is 0 Å². The summed E-state index contributed by atoms with van der Waals surface area (Å²) in [5.74, 6) is 0. The average Bonchev–Trinajstić information content (AvgIpc) is 4.04. The maximum absolute atomic E-state index is 6.73. The first-order chi connectivity index (χ1) is 28.8. The monoisotopic (exact) mass is 740 g/mol. The molecule has 0 spiro atoms. The Hall–Kier alpha value is -7.82. The summed E-state index contributed by atoms with van der Waals surface area (Å²) < 4.78 is 17.8. The molecule has 4 aromatic heterocycles. The zero-order valence-corrected chi connectivity index (χ0v) is 31.2. The lowest BCUT2D eigenvalue weighted by Crippen LogP contribution is -1.98. The third kappa shape index (κ3) is 4.34. The van der Waals surface area contributed by atoms with Crippen LogP contribution in [0.1, 0.15) is 0 Å². The van der Waals surface area contributed by atoms with Crippen LogP contribution in [0.3, 0.4) is 0 Å². The van der Waals surface area contributed by atoms with Gasteiger partial charge < -0.3 is 18.0 Å². The van der Waals surface area contributed by atoms with E-state index in [0.717, 1.165) is 82.9 Å². The molecule has 4 heterocycles. The second kappa shape index (κ2) is 11.8. The van der Waals surface area contributed by atoms with Crippen LogP contribution < -0.4 is 0 Å². The molecule has 0 aliphatic rings. The Morgan fingerprint density at radius 3 is 1.76 bits per heavy atom. The first-order valence-corrected chi connectivity index (χ1v) is 19.8. The van der Waals surface area contributed by atoms with Crippen LogP contribution in [-0.2, 0) is 0 Å². The van der Waals surface area contributed by atoms with Crippen molar-refractivity contribution in [2.45, 2.75) is 0 Å². The lowest BCUT2D eigenvalue weighted by atomic mass is 9.91. The maximum Gasteiger partial charge on any atom is 0.159 e. The third-order valence-corrected chi connectivity index (χ3v) is 12.1. The molecule has 0 amide bonds. The van der Waals surface area contributed by atoms with Gasteiger partial charge in [-0.3, -0.25) is 0 Å². The molecule has 270 valence electrons. The lowest BCUT2D eigenvalue weighted by Gasteiger charge is -2.17. The van der Waals surface area contributed by atoms with Gasteiger partial charge in [-0.1, -0.05) is 133 Å². The van der Waals surface area contributed by atoms with Crippen LogP contribution in [-0.4, -0.2) is 9.13 Å². The number of hydrogen-bond acceptors (Lipinski definition) is 2. The summed E-state index contributed by atoms with van der Waals surface area (Å²) in [5, 5.41) is 9.26. The lowest BCUT2D eigenvalue weighted by molar-refractivity contribution is 0.666. The quantitative estimate of drug-likeness (QED) is 0.180. The highest BCUT2D eigenvalue weighted by atomic mass is 16.3. The molecule has 0 atom stereocenters. The Bertz CT molecular complexity index is 3800. The summed E-state index contributed by atoms with van der Waals surface area (Å²) in [6, 6.07) is 69.7. The molecule has 13 aromatic rings. The van der Waals surface area contributed by atoms with E-state index < -0.39 is 0 Å². The van der Waals surface area contributed by atoms with Gasteiger partial charge in [0.2, 0.25) is 0 Å². The first kappa shape index (κ1) is 31.4. The second-order valence-corrected chi connectivity index (χ2v) is 15.2.